The minimum Gasteiger partial charge on any atom is -0.352 e. The van der Waals surface area contributed by atoms with Gasteiger partial charge in [0.15, 0.2) is 0 Å². The van der Waals surface area contributed by atoms with Gasteiger partial charge in [-0.15, -0.1) is 0 Å². The van der Waals surface area contributed by atoms with Crippen molar-refractivity contribution in [1.29, 1.82) is 5.26 Å². The number of hydrogen-bond acceptors (Lipinski definition) is 3. The van der Waals surface area contributed by atoms with Gasteiger partial charge in [0, 0.05) is 10.7 Å². The van der Waals surface area contributed by atoms with Crippen LogP contribution in [0.3, 0.4) is 0 Å². The Bertz CT molecular complexity index is 593. The Morgan fingerprint density at radius 3 is 2.82 bits per heavy atom. The predicted octanol–water partition coefficient (Wildman–Crippen LogP) is 4.11. The number of rotatable bonds is 2. The fraction of sp³-hybridized carbons (Fsp3) is 0. The van der Waals surface area contributed by atoms with Crippen LogP contribution in [0.1, 0.15) is 5.56 Å². The zero-order valence-electron chi connectivity index (χ0n) is 8.61. The lowest BCUT2D eigenvalue weighted by molar-refractivity contribution is 1.30. The summed E-state index contributed by atoms with van der Waals surface area (Å²) in [4.78, 5) is 3.97. The molecule has 1 aromatic heterocycles. The van der Waals surface area contributed by atoms with E-state index < -0.39 is 0 Å². The summed E-state index contributed by atoms with van der Waals surface area (Å²) >= 11 is 9.41. The molecule has 3 nitrogen and oxygen atoms in total. The molecular formula is C12H7BrClN3. The standard InChI is InChI=1S/C12H7BrClN3/c13-9-1-2-11(10(14)5-9)17-12-7-16-4-3-8(12)6-15/h1-5,7,17H. The third-order valence-electron chi connectivity index (χ3n) is 2.14. The molecule has 0 saturated heterocycles. The average Bonchev–Trinajstić information content (AvgIpc) is 2.33. The summed E-state index contributed by atoms with van der Waals surface area (Å²) in [5, 5.41) is 12.6. The van der Waals surface area contributed by atoms with Gasteiger partial charge in [-0.05, 0) is 24.3 Å². The Morgan fingerprint density at radius 2 is 2.12 bits per heavy atom. The number of nitriles is 1. The minimum atomic E-state index is 0.527. The van der Waals surface area contributed by atoms with Gasteiger partial charge in [-0.3, -0.25) is 4.98 Å². The Morgan fingerprint density at radius 1 is 1.29 bits per heavy atom. The molecule has 0 saturated carbocycles. The number of halogens is 2. The molecule has 2 rings (SSSR count). The van der Waals surface area contributed by atoms with E-state index in [1.165, 1.54) is 0 Å². The third-order valence-corrected chi connectivity index (χ3v) is 2.95. The van der Waals surface area contributed by atoms with Crippen LogP contribution in [0, 0.1) is 11.3 Å². The molecule has 5 heteroatoms. The maximum Gasteiger partial charge on any atom is 0.101 e. The van der Waals surface area contributed by atoms with Gasteiger partial charge in [-0.2, -0.15) is 5.26 Å². The quantitative estimate of drug-likeness (QED) is 0.908. The highest BCUT2D eigenvalue weighted by atomic mass is 79.9. The summed E-state index contributed by atoms with van der Waals surface area (Å²) in [6.07, 6.45) is 3.17. The Hall–Kier alpha value is -1.57. The van der Waals surface area contributed by atoms with E-state index in [1.54, 1.807) is 24.5 Å². The van der Waals surface area contributed by atoms with Crippen LogP contribution >= 0.6 is 27.5 Å². The van der Waals surface area contributed by atoms with Gasteiger partial charge in [-0.1, -0.05) is 27.5 Å². The molecule has 0 aliphatic heterocycles. The first-order chi connectivity index (χ1) is 8.20. The summed E-state index contributed by atoms with van der Waals surface area (Å²) in [7, 11) is 0. The normalized spacial score (nSPS) is 9.71. The molecule has 17 heavy (non-hydrogen) atoms. The fourth-order valence-electron chi connectivity index (χ4n) is 1.33. The first kappa shape index (κ1) is 11.9. The molecule has 0 amide bonds. The van der Waals surface area contributed by atoms with Crippen LogP contribution in [0.5, 0.6) is 0 Å². The molecule has 84 valence electrons. The van der Waals surface area contributed by atoms with E-state index in [9.17, 15) is 0 Å². The number of nitrogens with zero attached hydrogens (tertiary/aromatic N) is 2. The largest absolute Gasteiger partial charge is 0.352 e. The van der Waals surface area contributed by atoms with Gasteiger partial charge in [0.05, 0.1) is 28.2 Å². The average molecular weight is 309 g/mol. The second kappa shape index (κ2) is 5.17. The SMILES string of the molecule is N#Cc1ccncc1Nc1ccc(Br)cc1Cl. The Balaban J connectivity index is 2.35. The van der Waals surface area contributed by atoms with E-state index in [2.05, 4.69) is 32.3 Å². The van der Waals surface area contributed by atoms with Crippen LogP contribution in [0.25, 0.3) is 0 Å². The molecule has 1 N–H and O–H groups in total. The lowest BCUT2D eigenvalue weighted by Gasteiger charge is -2.09. The van der Waals surface area contributed by atoms with Crippen LogP contribution in [0.2, 0.25) is 5.02 Å². The topological polar surface area (TPSA) is 48.7 Å². The van der Waals surface area contributed by atoms with Crippen molar-refractivity contribution < 1.29 is 0 Å². The highest BCUT2D eigenvalue weighted by molar-refractivity contribution is 9.10. The molecule has 0 aliphatic rings. The van der Waals surface area contributed by atoms with E-state index >= 15 is 0 Å². The molecular weight excluding hydrogens is 302 g/mol. The van der Waals surface area contributed by atoms with Crippen molar-refractivity contribution in [2.24, 2.45) is 0 Å². The predicted molar refractivity (Wildman–Crippen MR) is 71.4 cm³/mol. The molecule has 0 spiro atoms. The van der Waals surface area contributed by atoms with Crippen LogP contribution in [0.15, 0.2) is 41.1 Å². The highest BCUT2D eigenvalue weighted by Crippen LogP contribution is 2.29. The molecule has 2 aromatic rings. The molecule has 0 atom stereocenters. The number of aromatic nitrogens is 1. The number of hydrogen-bond donors (Lipinski definition) is 1. The molecule has 0 radical (unpaired) electrons. The molecule has 0 fully saturated rings. The summed E-state index contributed by atoms with van der Waals surface area (Å²) in [5.41, 5.74) is 1.90. The zero-order valence-corrected chi connectivity index (χ0v) is 11.0. The number of nitrogens with one attached hydrogen (secondary N) is 1. The van der Waals surface area contributed by atoms with Gasteiger partial charge >= 0.3 is 0 Å². The number of anilines is 2. The van der Waals surface area contributed by atoms with Gasteiger partial charge in [0.2, 0.25) is 0 Å². The van der Waals surface area contributed by atoms with Crippen molar-refractivity contribution in [3.05, 3.63) is 51.7 Å². The summed E-state index contributed by atoms with van der Waals surface area (Å²) in [5.74, 6) is 0. The van der Waals surface area contributed by atoms with Crippen LogP contribution < -0.4 is 5.32 Å². The van der Waals surface area contributed by atoms with Crippen molar-refractivity contribution in [2.45, 2.75) is 0 Å². The lowest BCUT2D eigenvalue weighted by Crippen LogP contribution is -1.95. The maximum absolute atomic E-state index is 8.95. The van der Waals surface area contributed by atoms with Crippen LogP contribution in [-0.4, -0.2) is 4.98 Å². The van der Waals surface area contributed by atoms with E-state index in [4.69, 9.17) is 16.9 Å². The van der Waals surface area contributed by atoms with Crippen molar-refractivity contribution >= 4 is 38.9 Å². The van der Waals surface area contributed by atoms with Crippen molar-refractivity contribution in [1.82, 2.24) is 4.98 Å². The third kappa shape index (κ3) is 2.76. The van der Waals surface area contributed by atoms with Crippen LogP contribution in [-0.2, 0) is 0 Å². The second-order valence-corrected chi connectivity index (χ2v) is 4.61. The molecule has 0 bridgehead atoms. The second-order valence-electron chi connectivity index (χ2n) is 3.28. The first-order valence-electron chi connectivity index (χ1n) is 4.77. The molecule has 0 aliphatic carbocycles. The Labute approximate surface area is 112 Å². The summed E-state index contributed by atoms with van der Waals surface area (Å²) in [6, 6.07) is 9.23. The Kier molecular flexibility index (Phi) is 3.62. The van der Waals surface area contributed by atoms with Crippen molar-refractivity contribution in [3.8, 4) is 6.07 Å². The van der Waals surface area contributed by atoms with Gasteiger partial charge in [0.1, 0.15) is 6.07 Å². The number of pyridine rings is 1. The first-order valence-corrected chi connectivity index (χ1v) is 5.94. The maximum atomic E-state index is 8.95. The van der Waals surface area contributed by atoms with Gasteiger partial charge < -0.3 is 5.32 Å². The van der Waals surface area contributed by atoms with Crippen molar-refractivity contribution in [3.63, 3.8) is 0 Å². The van der Waals surface area contributed by atoms with Gasteiger partial charge in [0.25, 0.3) is 0 Å². The molecule has 1 aromatic carbocycles. The van der Waals surface area contributed by atoms with Crippen molar-refractivity contribution in [2.75, 3.05) is 5.32 Å². The monoisotopic (exact) mass is 307 g/mol. The van der Waals surface area contributed by atoms with E-state index in [0.29, 0.717) is 16.3 Å². The van der Waals surface area contributed by atoms with E-state index in [-0.39, 0.29) is 0 Å². The summed E-state index contributed by atoms with van der Waals surface area (Å²) in [6.45, 7) is 0. The van der Waals surface area contributed by atoms with E-state index in [1.807, 2.05) is 12.1 Å². The van der Waals surface area contributed by atoms with Crippen LogP contribution in [0.4, 0.5) is 11.4 Å². The molecule has 0 unspecified atom stereocenters. The summed E-state index contributed by atoms with van der Waals surface area (Å²) < 4.78 is 0.903. The smallest absolute Gasteiger partial charge is 0.101 e. The number of benzene rings is 1. The zero-order chi connectivity index (χ0) is 12.3. The fourth-order valence-corrected chi connectivity index (χ4v) is 2.05. The minimum absolute atomic E-state index is 0.527. The highest BCUT2D eigenvalue weighted by Gasteiger charge is 2.05. The lowest BCUT2D eigenvalue weighted by atomic mass is 10.2. The van der Waals surface area contributed by atoms with Gasteiger partial charge in [-0.25, -0.2) is 0 Å². The van der Waals surface area contributed by atoms with E-state index in [0.717, 1.165) is 10.2 Å². The molecule has 1 heterocycles.